The average molecular weight is 534 g/mol. The van der Waals surface area contributed by atoms with Crippen molar-refractivity contribution in [2.75, 3.05) is 18.4 Å². The number of hydrogen-bond donors (Lipinski definition) is 1. The van der Waals surface area contributed by atoms with Crippen molar-refractivity contribution < 1.29 is 23.9 Å². The van der Waals surface area contributed by atoms with Crippen molar-refractivity contribution in [1.82, 2.24) is 0 Å². The lowest BCUT2D eigenvalue weighted by Gasteiger charge is -2.35. The molecule has 0 unspecified atom stereocenters. The predicted octanol–water partition coefficient (Wildman–Crippen LogP) is 5.83. The van der Waals surface area contributed by atoms with Gasteiger partial charge in [-0.25, -0.2) is 5.84 Å². The number of rotatable bonds is 8. The Morgan fingerprint density at radius 1 is 1.05 bits per heavy atom. The van der Waals surface area contributed by atoms with Crippen molar-refractivity contribution in [3.63, 3.8) is 0 Å². The molecule has 0 spiro atoms. The number of benzene rings is 2. The smallest absolute Gasteiger partial charge is 0.293 e. The molecule has 2 aromatic carbocycles. The summed E-state index contributed by atoms with van der Waals surface area (Å²) in [4.78, 5) is 22.1. The van der Waals surface area contributed by atoms with E-state index in [9.17, 15) is 14.9 Å². The summed E-state index contributed by atoms with van der Waals surface area (Å²) in [5.74, 6) is 8.45. The van der Waals surface area contributed by atoms with Gasteiger partial charge in [-0.15, -0.1) is 0 Å². The maximum Gasteiger partial charge on any atom is 0.293 e. The highest BCUT2D eigenvalue weighted by Gasteiger charge is 2.31. The second-order valence-electron chi connectivity index (χ2n) is 10.4. The largest absolute Gasteiger partial charge is 0.454 e. The van der Waals surface area contributed by atoms with E-state index in [0.717, 1.165) is 61.3 Å². The molecule has 1 aliphatic heterocycles. The molecule has 0 bridgehead atoms. The van der Waals surface area contributed by atoms with Crippen LogP contribution in [0.1, 0.15) is 68.9 Å². The first kappa shape index (κ1) is 26.9. The number of ketones is 1. The Morgan fingerprint density at radius 2 is 1.82 bits per heavy atom. The minimum Gasteiger partial charge on any atom is -0.454 e. The van der Waals surface area contributed by atoms with Gasteiger partial charge in [0, 0.05) is 24.3 Å². The number of hydrazine groups is 1. The molecule has 9 heteroatoms. The fourth-order valence-corrected chi connectivity index (χ4v) is 5.09. The molecule has 39 heavy (non-hydrogen) atoms. The van der Waals surface area contributed by atoms with Crippen molar-refractivity contribution in [3.05, 3.63) is 75.4 Å². The van der Waals surface area contributed by atoms with Crippen LogP contribution in [0.2, 0.25) is 0 Å². The Balaban J connectivity index is 0.000000175. The number of carbonyl (C=O) groups is 1. The average Bonchev–Trinajstić information content (AvgIpc) is 3.71. The molecule has 0 amide bonds. The Hall–Kier alpha value is -3.69. The van der Waals surface area contributed by atoms with E-state index >= 15 is 0 Å². The van der Waals surface area contributed by atoms with Crippen LogP contribution in [-0.4, -0.2) is 36.3 Å². The van der Waals surface area contributed by atoms with Crippen LogP contribution in [0.5, 0.6) is 11.5 Å². The topological polar surface area (TPSA) is 117 Å². The number of carbonyl (C=O) groups excluding carboxylic acids is 1. The first-order chi connectivity index (χ1) is 18.9. The highest BCUT2D eigenvalue weighted by Crippen LogP contribution is 2.43. The lowest BCUT2D eigenvalue weighted by Crippen LogP contribution is -2.44. The first-order valence-corrected chi connectivity index (χ1v) is 13.7. The normalized spacial score (nSPS) is 22.2. The van der Waals surface area contributed by atoms with Gasteiger partial charge in [-0.05, 0) is 98.4 Å². The zero-order valence-electron chi connectivity index (χ0n) is 22.2. The van der Waals surface area contributed by atoms with Gasteiger partial charge in [0.1, 0.15) is 5.69 Å². The van der Waals surface area contributed by atoms with E-state index in [0.29, 0.717) is 17.7 Å². The van der Waals surface area contributed by atoms with Crippen LogP contribution < -0.4 is 20.3 Å². The molecule has 2 saturated carbocycles. The van der Waals surface area contributed by atoms with Gasteiger partial charge in [-0.2, -0.15) is 0 Å². The van der Waals surface area contributed by atoms with E-state index < -0.39 is 0 Å². The van der Waals surface area contributed by atoms with Crippen LogP contribution in [0.25, 0.3) is 6.08 Å². The summed E-state index contributed by atoms with van der Waals surface area (Å²) in [5.41, 5.74) is 3.51. The molecule has 206 valence electrons. The summed E-state index contributed by atoms with van der Waals surface area (Å²) < 4.78 is 16.3. The summed E-state index contributed by atoms with van der Waals surface area (Å²) in [7, 11) is 0. The van der Waals surface area contributed by atoms with Crippen molar-refractivity contribution in [2.24, 2.45) is 5.84 Å². The fourth-order valence-electron chi connectivity index (χ4n) is 5.09. The van der Waals surface area contributed by atoms with Crippen LogP contribution in [0.3, 0.4) is 0 Å². The Kier molecular flexibility index (Phi) is 8.28. The van der Waals surface area contributed by atoms with Crippen LogP contribution in [-0.2, 0) is 9.53 Å². The monoisotopic (exact) mass is 533 g/mol. The fraction of sp³-hybridized carbons (Fsp3) is 0.433. The lowest BCUT2D eigenvalue weighted by molar-refractivity contribution is -0.384. The maximum absolute atomic E-state index is 11.4. The number of nitrogens with zero attached hydrogens (tertiary/aromatic N) is 2. The van der Waals surface area contributed by atoms with Crippen molar-refractivity contribution in [1.29, 1.82) is 0 Å². The molecule has 0 saturated heterocycles. The van der Waals surface area contributed by atoms with Gasteiger partial charge in [0.2, 0.25) is 6.79 Å². The van der Waals surface area contributed by atoms with E-state index in [4.69, 9.17) is 20.1 Å². The van der Waals surface area contributed by atoms with Crippen molar-refractivity contribution >= 4 is 23.2 Å². The van der Waals surface area contributed by atoms with Crippen molar-refractivity contribution in [3.8, 4) is 11.5 Å². The number of nitro groups is 1. The molecule has 0 atom stereocenters. The van der Waals surface area contributed by atoms with Gasteiger partial charge < -0.3 is 19.2 Å². The summed E-state index contributed by atoms with van der Waals surface area (Å²) in [6.07, 6.45) is 12.6. The molecular weight excluding hydrogens is 498 g/mol. The van der Waals surface area contributed by atoms with Crippen molar-refractivity contribution in [2.45, 2.75) is 69.9 Å². The predicted molar refractivity (Wildman–Crippen MR) is 149 cm³/mol. The van der Waals surface area contributed by atoms with E-state index in [1.54, 1.807) is 23.2 Å². The number of fused-ring (bicyclic) bond motifs is 1. The Morgan fingerprint density at radius 3 is 2.46 bits per heavy atom. The summed E-state index contributed by atoms with van der Waals surface area (Å²) in [6, 6.07) is 11.2. The molecule has 2 aromatic rings. The molecule has 2 fully saturated rings. The molecule has 9 nitrogen and oxygen atoms in total. The highest BCUT2D eigenvalue weighted by atomic mass is 16.7. The van der Waals surface area contributed by atoms with Gasteiger partial charge in [0.25, 0.3) is 5.69 Å². The number of hydrogen-bond acceptors (Lipinski definition) is 8. The van der Waals surface area contributed by atoms with Gasteiger partial charge in [0.15, 0.2) is 17.3 Å². The molecule has 0 radical (unpaired) electrons. The Labute approximate surface area is 228 Å². The summed E-state index contributed by atoms with van der Waals surface area (Å²) in [5, 5.41) is 13.0. The van der Waals surface area contributed by atoms with Crippen LogP contribution in [0, 0.1) is 10.1 Å². The highest BCUT2D eigenvalue weighted by molar-refractivity contribution is 6.16. The number of nitrogens with two attached hydrogens (primary N) is 1. The van der Waals surface area contributed by atoms with E-state index in [-0.39, 0.29) is 29.2 Å². The third-order valence-corrected chi connectivity index (χ3v) is 7.54. The third-order valence-electron chi connectivity index (χ3n) is 7.54. The quantitative estimate of drug-likeness (QED) is 0.195. The Bertz CT molecular complexity index is 1280. The van der Waals surface area contributed by atoms with Gasteiger partial charge in [-0.1, -0.05) is 19.1 Å². The minimum atomic E-state index is -0.331. The third kappa shape index (κ3) is 6.49. The zero-order valence-corrected chi connectivity index (χ0v) is 22.2. The molecule has 1 heterocycles. The summed E-state index contributed by atoms with van der Waals surface area (Å²) >= 11 is 0. The number of ether oxygens (including phenoxy) is 3. The molecule has 6 rings (SSSR count). The molecule has 2 N–H and O–H groups in total. The van der Waals surface area contributed by atoms with Crippen LogP contribution in [0.15, 0.2) is 54.1 Å². The van der Waals surface area contributed by atoms with E-state index in [1.807, 2.05) is 36.4 Å². The second-order valence-corrected chi connectivity index (χ2v) is 10.4. The molecular formula is C30H35N3O6. The maximum atomic E-state index is 11.4. The van der Waals surface area contributed by atoms with Crippen LogP contribution >= 0.6 is 0 Å². The van der Waals surface area contributed by atoms with E-state index in [2.05, 4.69) is 6.92 Å². The number of allylic oxidation sites excluding steroid dienone is 3. The second kappa shape index (κ2) is 12.0. The molecule has 0 aromatic heterocycles. The minimum absolute atomic E-state index is 0.0765. The standard InChI is InChI=1S/C18H27N3O3.C12H8O3/c1-2-11-24-16-8-6-15(7-9-16)20(19)18-12-14(13-3-4-13)5-10-17(18)21(22)23;13-10-3-2-9(10)5-8-1-4-11-12(6-8)15-7-14-11/h5,10,12-13,15-16H,2-4,6-9,11,19H2,1H3;1-6H,7H2. The number of anilines is 1. The van der Waals surface area contributed by atoms with Gasteiger partial charge in [0.05, 0.1) is 11.0 Å². The molecule has 3 aliphatic carbocycles. The number of nitro benzene ring substituents is 1. The zero-order chi connectivity index (χ0) is 27.4. The molecule has 4 aliphatic rings. The SMILES string of the molecule is CCCOC1CCC(N(N)c2cc(C3CC3)ccc2[N+](=O)[O-])CC1.O=C1C=CC1=Cc1ccc2c(c1)OCO2. The first-order valence-electron chi connectivity index (χ1n) is 13.7. The van der Waals surface area contributed by atoms with Crippen LogP contribution in [0.4, 0.5) is 11.4 Å². The summed E-state index contributed by atoms with van der Waals surface area (Å²) in [6.45, 7) is 3.18. The van der Waals surface area contributed by atoms with Gasteiger partial charge in [-0.3, -0.25) is 14.9 Å². The van der Waals surface area contributed by atoms with E-state index in [1.165, 1.54) is 18.4 Å². The van der Waals surface area contributed by atoms with Gasteiger partial charge >= 0.3 is 0 Å². The lowest BCUT2D eigenvalue weighted by atomic mass is 9.92.